The van der Waals surface area contributed by atoms with Gasteiger partial charge in [0.2, 0.25) is 0 Å². The van der Waals surface area contributed by atoms with Gasteiger partial charge in [-0.1, -0.05) is 17.7 Å². The predicted molar refractivity (Wildman–Crippen MR) is 112 cm³/mol. The number of nitrogens with one attached hydrogen (secondary N) is 2. The van der Waals surface area contributed by atoms with Gasteiger partial charge >= 0.3 is 0 Å². The highest BCUT2D eigenvalue weighted by molar-refractivity contribution is 7.80. The van der Waals surface area contributed by atoms with Gasteiger partial charge in [-0.15, -0.1) is 0 Å². The minimum Gasteiger partial charge on any atom is -0.339 e. The van der Waals surface area contributed by atoms with E-state index in [9.17, 15) is 4.79 Å². The number of anilines is 2. The zero-order chi connectivity index (χ0) is 18.5. The van der Waals surface area contributed by atoms with Crippen LogP contribution in [0.15, 0.2) is 42.5 Å². The lowest BCUT2D eigenvalue weighted by atomic mass is 10.1. The third-order valence-electron chi connectivity index (χ3n) is 4.55. The van der Waals surface area contributed by atoms with Crippen molar-refractivity contribution in [2.24, 2.45) is 0 Å². The molecule has 2 aromatic rings. The van der Waals surface area contributed by atoms with Crippen molar-refractivity contribution in [2.75, 3.05) is 23.7 Å². The molecule has 0 aliphatic carbocycles. The van der Waals surface area contributed by atoms with Crippen LogP contribution in [0.2, 0.25) is 5.02 Å². The minimum atomic E-state index is 0.103. The molecule has 2 aromatic carbocycles. The van der Waals surface area contributed by atoms with Gasteiger partial charge in [0.1, 0.15) is 0 Å². The Hall–Kier alpha value is -2.11. The molecule has 0 radical (unpaired) electrons. The van der Waals surface area contributed by atoms with Crippen LogP contribution >= 0.6 is 23.8 Å². The molecule has 0 saturated carbocycles. The molecule has 1 aliphatic rings. The molecule has 3 rings (SSSR count). The molecule has 1 saturated heterocycles. The van der Waals surface area contributed by atoms with E-state index < -0.39 is 0 Å². The van der Waals surface area contributed by atoms with E-state index in [0.717, 1.165) is 42.9 Å². The van der Waals surface area contributed by atoms with Crippen LogP contribution in [0.25, 0.3) is 0 Å². The maximum Gasteiger partial charge on any atom is 0.253 e. The van der Waals surface area contributed by atoms with E-state index in [1.165, 1.54) is 6.42 Å². The molecule has 1 amide bonds. The number of rotatable bonds is 3. The zero-order valence-corrected chi connectivity index (χ0v) is 16.3. The van der Waals surface area contributed by atoms with Gasteiger partial charge in [-0.25, -0.2) is 0 Å². The summed E-state index contributed by atoms with van der Waals surface area (Å²) in [4.78, 5) is 14.4. The normalized spacial score (nSPS) is 14.0. The summed E-state index contributed by atoms with van der Waals surface area (Å²) in [7, 11) is 0. The molecule has 0 unspecified atom stereocenters. The summed E-state index contributed by atoms with van der Waals surface area (Å²) in [5.41, 5.74) is 3.35. The van der Waals surface area contributed by atoms with Crippen LogP contribution < -0.4 is 10.6 Å². The zero-order valence-electron chi connectivity index (χ0n) is 14.7. The molecular formula is C20H22ClN3OS. The largest absolute Gasteiger partial charge is 0.339 e. The van der Waals surface area contributed by atoms with Gasteiger partial charge in [0.15, 0.2) is 5.11 Å². The highest BCUT2D eigenvalue weighted by Gasteiger charge is 2.17. The lowest BCUT2D eigenvalue weighted by Crippen LogP contribution is -2.35. The van der Waals surface area contributed by atoms with Gasteiger partial charge in [0.25, 0.3) is 5.91 Å². The Bertz CT molecular complexity index is 801. The summed E-state index contributed by atoms with van der Waals surface area (Å²) >= 11 is 11.5. The number of likely N-dealkylation sites (tertiary alicyclic amines) is 1. The first-order chi connectivity index (χ1) is 12.5. The molecule has 0 atom stereocenters. The number of carbonyl (C=O) groups excluding carboxylic acids is 1. The average molecular weight is 388 g/mol. The van der Waals surface area contributed by atoms with E-state index in [1.54, 1.807) is 0 Å². The third kappa shape index (κ3) is 4.54. The Balaban J connectivity index is 1.61. The molecule has 1 aliphatic heterocycles. The van der Waals surface area contributed by atoms with Crippen LogP contribution in [0.1, 0.15) is 35.2 Å². The van der Waals surface area contributed by atoms with E-state index in [-0.39, 0.29) is 5.91 Å². The first-order valence-corrected chi connectivity index (χ1v) is 9.55. The van der Waals surface area contributed by atoms with Crippen molar-refractivity contribution in [2.45, 2.75) is 26.2 Å². The number of halogens is 1. The lowest BCUT2D eigenvalue weighted by molar-refractivity contribution is 0.0724. The molecule has 4 nitrogen and oxygen atoms in total. The van der Waals surface area contributed by atoms with Gasteiger partial charge in [-0.3, -0.25) is 4.79 Å². The summed E-state index contributed by atoms with van der Waals surface area (Å²) in [5, 5.41) is 7.45. The minimum absolute atomic E-state index is 0.103. The second-order valence-corrected chi connectivity index (χ2v) is 7.24. The first kappa shape index (κ1) is 18.7. The molecule has 2 N–H and O–H groups in total. The fourth-order valence-corrected chi connectivity index (χ4v) is 3.41. The summed E-state index contributed by atoms with van der Waals surface area (Å²) in [6.07, 6.45) is 3.39. The van der Waals surface area contributed by atoms with Crippen molar-refractivity contribution in [3.8, 4) is 0 Å². The van der Waals surface area contributed by atoms with E-state index in [0.29, 0.717) is 15.7 Å². The highest BCUT2D eigenvalue weighted by atomic mass is 35.5. The van der Waals surface area contributed by atoms with Crippen molar-refractivity contribution >= 4 is 46.2 Å². The summed E-state index contributed by atoms with van der Waals surface area (Å²) in [6.45, 7) is 3.64. The number of piperidine rings is 1. The number of amides is 1. The number of hydrogen-bond donors (Lipinski definition) is 2. The Kier molecular flexibility index (Phi) is 6.12. The number of benzene rings is 2. The number of thiocarbonyl (C=S) groups is 1. The van der Waals surface area contributed by atoms with Crippen LogP contribution in [-0.2, 0) is 0 Å². The Morgan fingerprint density at radius 2 is 1.73 bits per heavy atom. The quantitative estimate of drug-likeness (QED) is 0.720. The Morgan fingerprint density at radius 1 is 1.04 bits per heavy atom. The van der Waals surface area contributed by atoms with Crippen molar-refractivity contribution < 1.29 is 4.79 Å². The van der Waals surface area contributed by atoms with Crippen LogP contribution in [-0.4, -0.2) is 29.0 Å². The van der Waals surface area contributed by atoms with E-state index in [2.05, 4.69) is 10.6 Å². The topological polar surface area (TPSA) is 44.4 Å². The standard InChI is InChI=1S/C20H22ClN3OS/c1-14-17(21)6-5-7-18(14)23-20(26)22-16-10-8-15(9-11-16)19(25)24-12-3-2-4-13-24/h5-11H,2-4,12-13H2,1H3,(H2,22,23,26). The molecule has 26 heavy (non-hydrogen) atoms. The van der Waals surface area contributed by atoms with Crippen molar-refractivity contribution in [1.29, 1.82) is 0 Å². The van der Waals surface area contributed by atoms with Crippen LogP contribution in [0.4, 0.5) is 11.4 Å². The molecule has 136 valence electrons. The molecular weight excluding hydrogens is 366 g/mol. The monoisotopic (exact) mass is 387 g/mol. The van der Waals surface area contributed by atoms with Gasteiger partial charge < -0.3 is 15.5 Å². The maximum atomic E-state index is 12.5. The van der Waals surface area contributed by atoms with Crippen LogP contribution in [0.5, 0.6) is 0 Å². The van der Waals surface area contributed by atoms with Crippen LogP contribution in [0, 0.1) is 6.92 Å². The fourth-order valence-electron chi connectivity index (χ4n) is 3.00. The van der Waals surface area contributed by atoms with E-state index in [4.69, 9.17) is 23.8 Å². The van der Waals surface area contributed by atoms with Gasteiger partial charge in [0, 0.05) is 35.1 Å². The number of hydrogen-bond acceptors (Lipinski definition) is 2. The van der Waals surface area contributed by atoms with Crippen molar-refractivity contribution in [3.63, 3.8) is 0 Å². The molecule has 0 bridgehead atoms. The molecule has 0 aromatic heterocycles. The van der Waals surface area contributed by atoms with Gasteiger partial charge in [-0.05, 0) is 80.4 Å². The maximum absolute atomic E-state index is 12.5. The Labute approximate surface area is 164 Å². The summed E-state index contributed by atoms with van der Waals surface area (Å²) < 4.78 is 0. The summed E-state index contributed by atoms with van der Waals surface area (Å²) in [5.74, 6) is 0.103. The predicted octanol–water partition coefficient (Wildman–Crippen LogP) is 5.08. The smallest absolute Gasteiger partial charge is 0.253 e. The fraction of sp³-hybridized carbons (Fsp3) is 0.300. The molecule has 0 spiro atoms. The van der Waals surface area contributed by atoms with Crippen molar-refractivity contribution in [1.82, 2.24) is 4.90 Å². The van der Waals surface area contributed by atoms with Gasteiger partial charge in [0.05, 0.1) is 0 Å². The van der Waals surface area contributed by atoms with Crippen LogP contribution in [0.3, 0.4) is 0 Å². The van der Waals surface area contributed by atoms with Crippen molar-refractivity contribution in [3.05, 3.63) is 58.6 Å². The first-order valence-electron chi connectivity index (χ1n) is 8.77. The second kappa shape index (κ2) is 8.52. The lowest BCUT2D eigenvalue weighted by Gasteiger charge is -2.26. The van der Waals surface area contributed by atoms with E-state index >= 15 is 0 Å². The second-order valence-electron chi connectivity index (χ2n) is 6.42. The average Bonchev–Trinajstić information content (AvgIpc) is 2.66. The molecule has 1 heterocycles. The van der Waals surface area contributed by atoms with E-state index in [1.807, 2.05) is 54.3 Å². The summed E-state index contributed by atoms with van der Waals surface area (Å²) in [6, 6.07) is 13.1. The molecule has 6 heteroatoms. The third-order valence-corrected chi connectivity index (χ3v) is 5.16. The SMILES string of the molecule is Cc1c(Cl)cccc1NC(=S)Nc1ccc(C(=O)N2CCCCC2)cc1. The molecule has 1 fully saturated rings. The highest BCUT2D eigenvalue weighted by Crippen LogP contribution is 2.23. The number of carbonyl (C=O) groups is 1. The van der Waals surface area contributed by atoms with Gasteiger partial charge in [-0.2, -0.15) is 0 Å². The Morgan fingerprint density at radius 3 is 2.42 bits per heavy atom. The number of nitrogens with zero attached hydrogens (tertiary/aromatic N) is 1.